The largest absolute Gasteiger partial charge is 0.367 e. The van der Waals surface area contributed by atoms with Gasteiger partial charge in [0, 0.05) is 37.8 Å². The molecule has 2 aromatic heterocycles. The van der Waals surface area contributed by atoms with Gasteiger partial charge in [-0.25, -0.2) is 0 Å². The molecule has 0 saturated heterocycles. The van der Waals surface area contributed by atoms with Crippen LogP contribution in [0.4, 0.5) is 5.69 Å². The first kappa shape index (κ1) is 11.8. The number of pyridine rings is 2. The van der Waals surface area contributed by atoms with Crippen LogP contribution in [0.15, 0.2) is 46.4 Å². The summed E-state index contributed by atoms with van der Waals surface area (Å²) in [5.41, 5.74) is -0.0710. The van der Waals surface area contributed by atoms with E-state index in [1.807, 2.05) is 0 Å². The van der Waals surface area contributed by atoms with Crippen molar-refractivity contribution < 1.29 is 4.79 Å². The van der Waals surface area contributed by atoms with Crippen LogP contribution in [0.25, 0.3) is 0 Å². The Labute approximate surface area is 102 Å². The summed E-state index contributed by atoms with van der Waals surface area (Å²) in [7, 11) is 1.58. The van der Waals surface area contributed by atoms with Crippen LogP contribution >= 0.6 is 0 Å². The quantitative estimate of drug-likeness (QED) is 0.799. The molecule has 18 heavy (non-hydrogen) atoms. The van der Waals surface area contributed by atoms with Gasteiger partial charge in [0.25, 0.3) is 5.91 Å². The van der Waals surface area contributed by atoms with Crippen molar-refractivity contribution in [2.24, 2.45) is 7.05 Å². The number of rotatable bonds is 2. The number of H-pyrrole nitrogens is 1. The molecule has 6 nitrogen and oxygen atoms in total. The highest BCUT2D eigenvalue weighted by Gasteiger charge is 2.09. The van der Waals surface area contributed by atoms with Crippen LogP contribution in [0.3, 0.4) is 0 Å². The van der Waals surface area contributed by atoms with Crippen LogP contribution in [0.2, 0.25) is 0 Å². The van der Waals surface area contributed by atoms with E-state index in [1.165, 1.54) is 41.4 Å². The summed E-state index contributed by atoms with van der Waals surface area (Å²) in [6, 6.07) is 4.10. The zero-order valence-electron chi connectivity index (χ0n) is 9.64. The van der Waals surface area contributed by atoms with Crippen molar-refractivity contribution in [2.45, 2.75) is 0 Å². The lowest BCUT2D eigenvalue weighted by molar-refractivity contribution is 0.102. The fraction of sp³-hybridized carbons (Fsp3) is 0.0833. The first-order valence-electron chi connectivity index (χ1n) is 5.23. The summed E-state index contributed by atoms with van der Waals surface area (Å²) < 4.78 is 1.34. The van der Waals surface area contributed by atoms with Crippen LogP contribution in [0.5, 0.6) is 0 Å². The fourth-order valence-corrected chi connectivity index (χ4v) is 1.46. The second kappa shape index (κ2) is 4.70. The minimum atomic E-state index is -0.518. The first-order chi connectivity index (χ1) is 8.58. The van der Waals surface area contributed by atoms with Crippen molar-refractivity contribution >= 4 is 11.6 Å². The first-order valence-corrected chi connectivity index (χ1v) is 5.23. The standard InChI is InChI=1S/C12H11N3O3/c1-15-7-8(2-3-11(15)17)14-12(18)9-6-13-5-4-10(9)16/h2-7H,1H3,(H,13,16)(H,14,18). The Hall–Kier alpha value is -2.63. The zero-order valence-corrected chi connectivity index (χ0v) is 9.64. The molecule has 2 N–H and O–H groups in total. The highest BCUT2D eigenvalue weighted by Crippen LogP contribution is 2.04. The molecular weight excluding hydrogens is 234 g/mol. The lowest BCUT2D eigenvalue weighted by Gasteiger charge is -2.05. The second-order valence-corrected chi connectivity index (χ2v) is 3.74. The minimum Gasteiger partial charge on any atom is -0.367 e. The van der Waals surface area contributed by atoms with Gasteiger partial charge in [-0.1, -0.05) is 0 Å². The third kappa shape index (κ3) is 2.37. The number of anilines is 1. The predicted octanol–water partition coefficient (Wildman–Crippen LogP) is 0.326. The maximum absolute atomic E-state index is 11.8. The molecule has 6 heteroatoms. The molecule has 2 aromatic rings. The molecule has 0 spiro atoms. The summed E-state index contributed by atoms with van der Waals surface area (Å²) in [6.07, 6.45) is 4.27. The van der Waals surface area contributed by atoms with E-state index in [0.717, 1.165) is 0 Å². The molecule has 92 valence electrons. The van der Waals surface area contributed by atoms with E-state index in [2.05, 4.69) is 10.3 Å². The van der Waals surface area contributed by atoms with Crippen molar-refractivity contribution in [3.05, 3.63) is 62.9 Å². The van der Waals surface area contributed by atoms with Gasteiger partial charge in [0.05, 0.1) is 5.69 Å². The van der Waals surface area contributed by atoms with Gasteiger partial charge in [0.2, 0.25) is 5.56 Å². The Morgan fingerprint density at radius 1 is 1.28 bits per heavy atom. The Balaban J connectivity index is 2.27. The van der Waals surface area contributed by atoms with E-state index >= 15 is 0 Å². The van der Waals surface area contributed by atoms with Crippen LogP contribution in [-0.2, 0) is 7.05 Å². The van der Waals surface area contributed by atoms with Gasteiger partial charge in [0.15, 0.2) is 5.43 Å². The molecule has 0 aromatic carbocycles. The summed E-state index contributed by atoms with van der Waals surface area (Å²) in [5, 5.41) is 2.55. The molecule has 0 aliphatic rings. The summed E-state index contributed by atoms with van der Waals surface area (Å²) in [5.74, 6) is -0.518. The highest BCUT2D eigenvalue weighted by atomic mass is 16.2. The molecule has 2 heterocycles. The fourth-order valence-electron chi connectivity index (χ4n) is 1.46. The number of nitrogens with one attached hydrogen (secondary N) is 2. The van der Waals surface area contributed by atoms with E-state index in [-0.39, 0.29) is 16.6 Å². The van der Waals surface area contributed by atoms with Crippen LogP contribution < -0.4 is 16.3 Å². The van der Waals surface area contributed by atoms with Crippen molar-refractivity contribution in [1.82, 2.24) is 9.55 Å². The third-order valence-electron chi connectivity index (χ3n) is 2.41. The zero-order chi connectivity index (χ0) is 13.1. The normalized spacial score (nSPS) is 10.1. The lowest BCUT2D eigenvalue weighted by atomic mass is 10.2. The van der Waals surface area contributed by atoms with Gasteiger partial charge in [-0.2, -0.15) is 0 Å². The number of hydrogen-bond acceptors (Lipinski definition) is 3. The van der Waals surface area contributed by atoms with E-state index in [9.17, 15) is 14.4 Å². The molecule has 2 rings (SSSR count). The number of aromatic amines is 1. The van der Waals surface area contributed by atoms with Gasteiger partial charge in [-0.3, -0.25) is 14.4 Å². The summed E-state index contributed by atoms with van der Waals surface area (Å²) in [4.78, 5) is 37.1. The third-order valence-corrected chi connectivity index (χ3v) is 2.41. The molecule has 0 bridgehead atoms. The number of carbonyl (C=O) groups excluding carboxylic acids is 1. The lowest BCUT2D eigenvalue weighted by Crippen LogP contribution is -2.22. The number of nitrogens with zero attached hydrogens (tertiary/aromatic N) is 1. The second-order valence-electron chi connectivity index (χ2n) is 3.74. The Morgan fingerprint density at radius 3 is 2.72 bits per heavy atom. The molecule has 0 aliphatic heterocycles. The maximum Gasteiger partial charge on any atom is 0.261 e. The molecule has 0 atom stereocenters. The van der Waals surface area contributed by atoms with Crippen molar-refractivity contribution in [3.8, 4) is 0 Å². The minimum absolute atomic E-state index is 0.0198. The van der Waals surface area contributed by atoms with Crippen molar-refractivity contribution in [2.75, 3.05) is 5.32 Å². The molecular formula is C12H11N3O3. The molecule has 0 unspecified atom stereocenters. The molecule has 0 radical (unpaired) electrons. The van der Waals surface area contributed by atoms with Gasteiger partial charge < -0.3 is 14.9 Å². The molecule has 0 saturated carbocycles. The van der Waals surface area contributed by atoms with Crippen LogP contribution in [0.1, 0.15) is 10.4 Å². The topological polar surface area (TPSA) is 84.0 Å². The Kier molecular flexibility index (Phi) is 3.09. The Morgan fingerprint density at radius 2 is 2.06 bits per heavy atom. The average Bonchev–Trinajstić information content (AvgIpc) is 2.34. The van der Waals surface area contributed by atoms with E-state index in [1.54, 1.807) is 7.05 Å². The van der Waals surface area contributed by atoms with Crippen LogP contribution in [-0.4, -0.2) is 15.5 Å². The number of aromatic nitrogens is 2. The highest BCUT2D eigenvalue weighted by molar-refractivity contribution is 6.03. The number of amides is 1. The monoisotopic (exact) mass is 245 g/mol. The van der Waals surface area contributed by atoms with Gasteiger partial charge in [-0.05, 0) is 6.07 Å². The number of hydrogen-bond donors (Lipinski definition) is 2. The molecule has 1 amide bonds. The SMILES string of the molecule is Cn1cc(NC(=O)c2c[nH]ccc2=O)ccc1=O. The summed E-state index contributed by atoms with van der Waals surface area (Å²) in [6.45, 7) is 0. The number of aryl methyl sites for hydroxylation is 1. The predicted molar refractivity (Wildman–Crippen MR) is 66.7 cm³/mol. The van der Waals surface area contributed by atoms with E-state index < -0.39 is 5.91 Å². The van der Waals surface area contributed by atoms with E-state index in [4.69, 9.17) is 0 Å². The van der Waals surface area contributed by atoms with Gasteiger partial charge in [0.1, 0.15) is 5.56 Å². The maximum atomic E-state index is 11.8. The molecule has 0 fully saturated rings. The van der Waals surface area contributed by atoms with Crippen LogP contribution in [0, 0.1) is 0 Å². The van der Waals surface area contributed by atoms with Gasteiger partial charge in [-0.15, -0.1) is 0 Å². The van der Waals surface area contributed by atoms with Gasteiger partial charge >= 0.3 is 0 Å². The smallest absolute Gasteiger partial charge is 0.261 e. The summed E-state index contributed by atoms with van der Waals surface area (Å²) >= 11 is 0. The average molecular weight is 245 g/mol. The van der Waals surface area contributed by atoms with Crippen molar-refractivity contribution in [1.29, 1.82) is 0 Å². The Bertz CT molecular complexity index is 700. The van der Waals surface area contributed by atoms with Crippen molar-refractivity contribution in [3.63, 3.8) is 0 Å². The number of carbonyl (C=O) groups is 1. The molecule has 0 aliphatic carbocycles. The van der Waals surface area contributed by atoms with E-state index in [0.29, 0.717) is 5.69 Å².